The van der Waals surface area contributed by atoms with Crippen molar-refractivity contribution in [3.05, 3.63) is 23.7 Å². The fraction of sp³-hybridized carbons (Fsp3) is 0.615. The van der Waals surface area contributed by atoms with Crippen LogP contribution in [0.5, 0.6) is 0 Å². The number of hydrazine groups is 1. The topological polar surface area (TPSA) is 91.7 Å². The van der Waals surface area contributed by atoms with Crippen LogP contribution in [0.4, 0.5) is 0 Å². The standard InChI is InChI=1S/C13H21N3O3/c14-15-13(18)11-5-8-19-12(11)9-16-6-2-1-3-10(16)4-7-17/h5,8,10,17H,1-4,6-7,9,14H2,(H,15,18). The third kappa shape index (κ3) is 3.34. The van der Waals surface area contributed by atoms with Crippen LogP contribution in [-0.4, -0.2) is 35.1 Å². The maximum absolute atomic E-state index is 11.6. The van der Waals surface area contributed by atoms with Crippen molar-refractivity contribution in [2.24, 2.45) is 5.84 Å². The first-order valence-electron chi connectivity index (χ1n) is 6.68. The van der Waals surface area contributed by atoms with E-state index in [9.17, 15) is 4.79 Å². The Labute approximate surface area is 112 Å². The highest BCUT2D eigenvalue weighted by atomic mass is 16.3. The summed E-state index contributed by atoms with van der Waals surface area (Å²) < 4.78 is 5.40. The average Bonchev–Trinajstić information content (AvgIpc) is 2.88. The Morgan fingerprint density at radius 1 is 1.58 bits per heavy atom. The third-order valence-corrected chi connectivity index (χ3v) is 3.68. The van der Waals surface area contributed by atoms with E-state index in [1.165, 1.54) is 12.7 Å². The normalized spacial score (nSPS) is 20.4. The molecule has 1 atom stereocenters. The van der Waals surface area contributed by atoms with Gasteiger partial charge in [-0.1, -0.05) is 6.42 Å². The van der Waals surface area contributed by atoms with Gasteiger partial charge < -0.3 is 9.52 Å². The monoisotopic (exact) mass is 267 g/mol. The molecule has 4 N–H and O–H groups in total. The van der Waals surface area contributed by atoms with Gasteiger partial charge in [0.25, 0.3) is 5.91 Å². The van der Waals surface area contributed by atoms with Crippen LogP contribution in [0.3, 0.4) is 0 Å². The Bertz CT molecular complexity index is 417. The summed E-state index contributed by atoms with van der Waals surface area (Å²) in [6.45, 7) is 1.74. The number of hydrogen-bond acceptors (Lipinski definition) is 5. The van der Waals surface area contributed by atoms with Crippen LogP contribution in [0.2, 0.25) is 0 Å². The number of aliphatic hydroxyl groups excluding tert-OH is 1. The summed E-state index contributed by atoms with van der Waals surface area (Å²) in [4.78, 5) is 13.9. The first-order chi connectivity index (χ1) is 9.26. The molecule has 0 saturated carbocycles. The van der Waals surface area contributed by atoms with E-state index in [1.807, 2.05) is 0 Å². The number of nitrogens with two attached hydrogens (primary N) is 1. The molecule has 1 amide bonds. The molecule has 0 bridgehead atoms. The maximum atomic E-state index is 11.6. The summed E-state index contributed by atoms with van der Waals surface area (Å²) in [5.74, 6) is 5.45. The van der Waals surface area contributed by atoms with Gasteiger partial charge in [-0.15, -0.1) is 0 Å². The van der Waals surface area contributed by atoms with Crippen LogP contribution >= 0.6 is 0 Å². The number of hydrogen-bond donors (Lipinski definition) is 3. The predicted molar refractivity (Wildman–Crippen MR) is 70.1 cm³/mol. The minimum absolute atomic E-state index is 0.190. The molecule has 6 nitrogen and oxygen atoms in total. The zero-order valence-corrected chi connectivity index (χ0v) is 11.0. The van der Waals surface area contributed by atoms with Crippen molar-refractivity contribution in [1.82, 2.24) is 10.3 Å². The summed E-state index contributed by atoms with van der Waals surface area (Å²) >= 11 is 0. The highest BCUT2D eigenvalue weighted by molar-refractivity contribution is 5.94. The highest BCUT2D eigenvalue weighted by Gasteiger charge is 2.24. The number of amides is 1. The first-order valence-corrected chi connectivity index (χ1v) is 6.68. The third-order valence-electron chi connectivity index (χ3n) is 3.68. The zero-order chi connectivity index (χ0) is 13.7. The lowest BCUT2D eigenvalue weighted by atomic mass is 9.99. The van der Waals surface area contributed by atoms with Crippen LogP contribution in [0.25, 0.3) is 0 Å². The molecule has 106 valence electrons. The van der Waals surface area contributed by atoms with Gasteiger partial charge in [-0.2, -0.15) is 0 Å². The molecule has 1 unspecified atom stereocenters. The second kappa shape index (κ2) is 6.70. The number of likely N-dealkylation sites (tertiary alicyclic amines) is 1. The second-order valence-corrected chi connectivity index (χ2v) is 4.86. The molecule has 0 radical (unpaired) electrons. The van der Waals surface area contributed by atoms with Gasteiger partial charge >= 0.3 is 0 Å². The number of nitrogen functional groups attached to an aromatic ring is 1. The summed E-state index contributed by atoms with van der Waals surface area (Å²) in [5, 5.41) is 9.11. The summed E-state index contributed by atoms with van der Waals surface area (Å²) in [5.41, 5.74) is 2.61. The van der Waals surface area contributed by atoms with Crippen LogP contribution in [-0.2, 0) is 6.54 Å². The van der Waals surface area contributed by atoms with Gasteiger partial charge in [0.05, 0.1) is 18.4 Å². The molecular formula is C13H21N3O3. The minimum Gasteiger partial charge on any atom is -0.467 e. The lowest BCUT2D eigenvalue weighted by Crippen LogP contribution is -2.40. The molecule has 0 aromatic carbocycles. The van der Waals surface area contributed by atoms with Crippen molar-refractivity contribution in [1.29, 1.82) is 0 Å². The van der Waals surface area contributed by atoms with Crippen molar-refractivity contribution < 1.29 is 14.3 Å². The van der Waals surface area contributed by atoms with Crippen LogP contribution in [0.15, 0.2) is 16.7 Å². The Morgan fingerprint density at radius 2 is 2.42 bits per heavy atom. The van der Waals surface area contributed by atoms with Crippen molar-refractivity contribution in [3.8, 4) is 0 Å². The van der Waals surface area contributed by atoms with Gasteiger partial charge in [0.2, 0.25) is 0 Å². The average molecular weight is 267 g/mol. The minimum atomic E-state index is -0.334. The number of nitrogens with one attached hydrogen (secondary N) is 1. The molecule has 0 spiro atoms. The van der Waals surface area contributed by atoms with Gasteiger partial charge in [-0.25, -0.2) is 5.84 Å². The van der Waals surface area contributed by atoms with E-state index in [1.54, 1.807) is 6.07 Å². The number of carbonyl (C=O) groups is 1. The molecule has 2 heterocycles. The lowest BCUT2D eigenvalue weighted by molar-refractivity contribution is 0.0929. The number of piperidine rings is 1. The Balaban J connectivity index is 2.06. The smallest absolute Gasteiger partial charge is 0.268 e. The molecule has 1 aromatic rings. The fourth-order valence-electron chi connectivity index (χ4n) is 2.67. The Hall–Kier alpha value is -1.37. The SMILES string of the molecule is NNC(=O)c1ccoc1CN1CCCCC1CCO. The predicted octanol–water partition coefficient (Wildman–Crippen LogP) is 0.620. The van der Waals surface area contributed by atoms with Crippen molar-refractivity contribution in [2.45, 2.75) is 38.3 Å². The van der Waals surface area contributed by atoms with E-state index >= 15 is 0 Å². The van der Waals surface area contributed by atoms with Crippen LogP contribution in [0, 0.1) is 0 Å². The molecule has 19 heavy (non-hydrogen) atoms. The van der Waals surface area contributed by atoms with Gasteiger partial charge in [-0.05, 0) is 31.9 Å². The summed E-state index contributed by atoms with van der Waals surface area (Å²) in [6.07, 6.45) is 5.68. The first kappa shape index (κ1) is 14.0. The number of nitrogens with zero attached hydrogens (tertiary/aromatic N) is 1. The lowest BCUT2D eigenvalue weighted by Gasteiger charge is -2.35. The van der Waals surface area contributed by atoms with Gasteiger partial charge in [0, 0.05) is 12.6 Å². The van der Waals surface area contributed by atoms with E-state index in [2.05, 4.69) is 10.3 Å². The van der Waals surface area contributed by atoms with E-state index in [0.717, 1.165) is 25.8 Å². The molecular weight excluding hydrogens is 246 g/mol. The van der Waals surface area contributed by atoms with Crippen molar-refractivity contribution in [3.63, 3.8) is 0 Å². The van der Waals surface area contributed by atoms with Crippen LogP contribution in [0.1, 0.15) is 41.8 Å². The second-order valence-electron chi connectivity index (χ2n) is 4.86. The molecule has 6 heteroatoms. The van der Waals surface area contributed by atoms with Gasteiger partial charge in [0.1, 0.15) is 5.76 Å². The Morgan fingerprint density at radius 3 is 3.16 bits per heavy atom. The van der Waals surface area contributed by atoms with Crippen LogP contribution < -0.4 is 11.3 Å². The molecule has 1 saturated heterocycles. The van der Waals surface area contributed by atoms with Gasteiger partial charge in [0.15, 0.2) is 0 Å². The number of rotatable bonds is 5. The van der Waals surface area contributed by atoms with Crippen molar-refractivity contribution >= 4 is 5.91 Å². The molecule has 1 fully saturated rings. The van der Waals surface area contributed by atoms with E-state index in [-0.39, 0.29) is 12.5 Å². The van der Waals surface area contributed by atoms with Crippen molar-refractivity contribution in [2.75, 3.05) is 13.2 Å². The van der Waals surface area contributed by atoms with E-state index in [0.29, 0.717) is 23.9 Å². The molecule has 2 rings (SSSR count). The molecule has 1 aromatic heterocycles. The van der Waals surface area contributed by atoms with E-state index in [4.69, 9.17) is 15.4 Å². The fourth-order valence-corrected chi connectivity index (χ4v) is 2.67. The van der Waals surface area contributed by atoms with E-state index < -0.39 is 0 Å². The van der Waals surface area contributed by atoms with Gasteiger partial charge in [-0.3, -0.25) is 15.1 Å². The quantitative estimate of drug-likeness (QED) is 0.413. The number of aliphatic hydroxyl groups is 1. The maximum Gasteiger partial charge on any atom is 0.268 e. The largest absolute Gasteiger partial charge is 0.467 e. The number of furan rings is 1. The molecule has 1 aliphatic rings. The molecule has 1 aliphatic heterocycles. The molecule has 0 aliphatic carbocycles. The Kier molecular flexibility index (Phi) is 4.95. The summed E-state index contributed by atoms with van der Waals surface area (Å²) in [7, 11) is 0. The summed E-state index contributed by atoms with van der Waals surface area (Å²) in [6, 6.07) is 1.99. The zero-order valence-electron chi connectivity index (χ0n) is 11.0. The highest BCUT2D eigenvalue weighted by Crippen LogP contribution is 2.23. The number of carbonyl (C=O) groups excluding carboxylic acids is 1.